The van der Waals surface area contributed by atoms with Crippen LogP contribution < -0.4 is 5.73 Å². The Morgan fingerprint density at radius 1 is 1.57 bits per heavy atom. The summed E-state index contributed by atoms with van der Waals surface area (Å²) in [7, 11) is 0. The molecule has 0 fully saturated rings. The molecule has 4 heteroatoms. The summed E-state index contributed by atoms with van der Waals surface area (Å²) in [6, 6.07) is 3.93. The number of aryl methyl sites for hydroxylation is 1. The lowest BCUT2D eigenvalue weighted by Crippen LogP contribution is -2.11. The molecule has 2 aromatic heterocycles. The van der Waals surface area contributed by atoms with E-state index < -0.39 is 0 Å². The van der Waals surface area contributed by atoms with Gasteiger partial charge in [0.1, 0.15) is 0 Å². The first-order valence-electron chi connectivity index (χ1n) is 4.45. The zero-order valence-electron chi connectivity index (χ0n) is 7.68. The highest BCUT2D eigenvalue weighted by Crippen LogP contribution is 2.05. The van der Waals surface area contributed by atoms with Crippen molar-refractivity contribution in [2.75, 3.05) is 0 Å². The average Bonchev–Trinajstić information content (AvgIpc) is 2.61. The van der Waals surface area contributed by atoms with Crippen LogP contribution in [0, 0.1) is 0 Å². The molecule has 0 saturated heterocycles. The van der Waals surface area contributed by atoms with Gasteiger partial charge in [0.05, 0.1) is 17.4 Å². The van der Waals surface area contributed by atoms with E-state index in [1.807, 2.05) is 28.9 Å². The molecule has 0 aliphatic rings. The zero-order chi connectivity index (χ0) is 9.97. The van der Waals surface area contributed by atoms with E-state index >= 15 is 0 Å². The maximum atomic E-state index is 10.6. The maximum absolute atomic E-state index is 10.6. The normalized spacial score (nSPS) is 10.6. The molecule has 0 radical (unpaired) electrons. The van der Waals surface area contributed by atoms with Crippen molar-refractivity contribution in [1.82, 2.24) is 9.38 Å². The summed E-state index contributed by atoms with van der Waals surface area (Å²) < 4.78 is 1.98. The first kappa shape index (κ1) is 8.74. The van der Waals surface area contributed by atoms with E-state index in [0.717, 1.165) is 11.2 Å². The van der Waals surface area contributed by atoms with Crippen LogP contribution in [0.25, 0.3) is 5.52 Å². The van der Waals surface area contributed by atoms with Crippen molar-refractivity contribution in [3.63, 3.8) is 0 Å². The predicted molar refractivity (Wildman–Crippen MR) is 52.7 cm³/mol. The SMILES string of the molecule is NC(=O)CCc1cn2cccc2cn1. The van der Waals surface area contributed by atoms with Crippen LogP contribution in [0.3, 0.4) is 0 Å². The van der Waals surface area contributed by atoms with Crippen molar-refractivity contribution in [3.8, 4) is 0 Å². The van der Waals surface area contributed by atoms with Crippen molar-refractivity contribution in [2.24, 2.45) is 5.73 Å². The number of amides is 1. The lowest BCUT2D eigenvalue weighted by molar-refractivity contribution is -0.118. The Morgan fingerprint density at radius 2 is 2.43 bits per heavy atom. The maximum Gasteiger partial charge on any atom is 0.217 e. The van der Waals surface area contributed by atoms with E-state index in [2.05, 4.69) is 4.98 Å². The number of nitrogens with two attached hydrogens (primary N) is 1. The summed E-state index contributed by atoms with van der Waals surface area (Å²) in [6.07, 6.45) is 6.60. The molecular weight excluding hydrogens is 178 g/mol. The monoisotopic (exact) mass is 189 g/mol. The van der Waals surface area contributed by atoms with Gasteiger partial charge in [0.15, 0.2) is 0 Å². The van der Waals surface area contributed by atoms with Crippen molar-refractivity contribution in [2.45, 2.75) is 12.8 Å². The van der Waals surface area contributed by atoms with Gasteiger partial charge in [-0.2, -0.15) is 0 Å². The van der Waals surface area contributed by atoms with E-state index in [9.17, 15) is 4.79 Å². The van der Waals surface area contributed by atoms with Crippen molar-refractivity contribution < 1.29 is 4.79 Å². The van der Waals surface area contributed by atoms with Gasteiger partial charge in [0.25, 0.3) is 0 Å². The standard InChI is InChI=1S/C10H11N3O/c11-10(14)4-3-8-7-13-5-1-2-9(13)6-12-8/h1-2,5-7H,3-4H2,(H2,11,14). The largest absolute Gasteiger partial charge is 0.370 e. The highest BCUT2D eigenvalue weighted by Gasteiger charge is 1.99. The molecule has 2 heterocycles. The number of hydrogen-bond donors (Lipinski definition) is 1. The Balaban J connectivity index is 2.21. The van der Waals surface area contributed by atoms with Crippen molar-refractivity contribution in [3.05, 3.63) is 36.4 Å². The number of hydrogen-bond acceptors (Lipinski definition) is 2. The third-order valence-electron chi connectivity index (χ3n) is 2.09. The van der Waals surface area contributed by atoms with Crippen LogP contribution in [0.5, 0.6) is 0 Å². The van der Waals surface area contributed by atoms with Crippen LogP contribution in [-0.2, 0) is 11.2 Å². The van der Waals surface area contributed by atoms with E-state index in [-0.39, 0.29) is 5.91 Å². The molecule has 0 bridgehead atoms. The summed E-state index contributed by atoms with van der Waals surface area (Å²) in [4.78, 5) is 14.8. The quantitative estimate of drug-likeness (QED) is 0.774. The topological polar surface area (TPSA) is 60.4 Å². The summed E-state index contributed by atoms with van der Waals surface area (Å²) in [5.74, 6) is -0.292. The fourth-order valence-electron chi connectivity index (χ4n) is 1.36. The molecule has 0 aromatic carbocycles. The smallest absolute Gasteiger partial charge is 0.217 e. The molecule has 4 nitrogen and oxygen atoms in total. The van der Waals surface area contributed by atoms with Crippen molar-refractivity contribution in [1.29, 1.82) is 0 Å². The Labute approximate surface area is 81.4 Å². The van der Waals surface area contributed by atoms with Crippen LogP contribution >= 0.6 is 0 Å². The van der Waals surface area contributed by atoms with Gasteiger partial charge in [-0.3, -0.25) is 9.78 Å². The van der Waals surface area contributed by atoms with Crippen LogP contribution in [0.4, 0.5) is 0 Å². The molecular formula is C10H11N3O. The van der Waals surface area contributed by atoms with Gasteiger partial charge in [-0.25, -0.2) is 0 Å². The Hall–Kier alpha value is -1.84. The molecule has 0 saturated carbocycles. The van der Waals surface area contributed by atoms with Crippen LogP contribution in [0.15, 0.2) is 30.7 Å². The number of fused-ring (bicyclic) bond motifs is 1. The first-order valence-corrected chi connectivity index (χ1v) is 4.45. The molecule has 2 N–H and O–H groups in total. The van der Waals surface area contributed by atoms with E-state index in [4.69, 9.17) is 5.73 Å². The Kier molecular flexibility index (Phi) is 2.18. The van der Waals surface area contributed by atoms with Crippen LogP contribution in [-0.4, -0.2) is 15.3 Å². The minimum atomic E-state index is -0.292. The van der Waals surface area contributed by atoms with E-state index in [1.165, 1.54) is 0 Å². The Morgan fingerprint density at radius 3 is 3.21 bits per heavy atom. The number of aromatic nitrogens is 2. The van der Waals surface area contributed by atoms with Gasteiger partial charge in [0, 0.05) is 18.8 Å². The van der Waals surface area contributed by atoms with Gasteiger partial charge in [0.2, 0.25) is 5.91 Å². The second kappa shape index (κ2) is 3.49. The molecule has 0 aliphatic carbocycles. The molecule has 2 aromatic rings. The average molecular weight is 189 g/mol. The lowest BCUT2D eigenvalue weighted by atomic mass is 10.2. The van der Waals surface area contributed by atoms with Crippen LogP contribution in [0.1, 0.15) is 12.1 Å². The summed E-state index contributed by atoms with van der Waals surface area (Å²) in [5.41, 5.74) is 6.99. The molecule has 14 heavy (non-hydrogen) atoms. The molecule has 72 valence electrons. The molecule has 0 spiro atoms. The van der Waals surface area contributed by atoms with E-state index in [0.29, 0.717) is 12.8 Å². The van der Waals surface area contributed by atoms with Gasteiger partial charge in [-0.15, -0.1) is 0 Å². The van der Waals surface area contributed by atoms with Gasteiger partial charge in [-0.05, 0) is 18.6 Å². The molecule has 0 aliphatic heterocycles. The van der Waals surface area contributed by atoms with Crippen LogP contribution in [0.2, 0.25) is 0 Å². The number of carbonyl (C=O) groups excluding carboxylic acids is 1. The number of rotatable bonds is 3. The third-order valence-corrected chi connectivity index (χ3v) is 2.09. The first-order chi connectivity index (χ1) is 6.75. The summed E-state index contributed by atoms with van der Waals surface area (Å²) in [6.45, 7) is 0. The molecule has 0 atom stereocenters. The minimum Gasteiger partial charge on any atom is -0.370 e. The van der Waals surface area contributed by atoms with E-state index in [1.54, 1.807) is 6.20 Å². The van der Waals surface area contributed by atoms with Gasteiger partial charge < -0.3 is 10.1 Å². The zero-order valence-corrected chi connectivity index (χ0v) is 7.68. The molecule has 1 amide bonds. The second-order valence-electron chi connectivity index (χ2n) is 3.19. The summed E-state index contributed by atoms with van der Waals surface area (Å²) in [5, 5.41) is 0. The number of nitrogens with zero attached hydrogens (tertiary/aromatic N) is 2. The number of primary amides is 1. The molecule has 2 rings (SSSR count). The fraction of sp³-hybridized carbons (Fsp3) is 0.200. The fourth-order valence-corrected chi connectivity index (χ4v) is 1.36. The van der Waals surface area contributed by atoms with Gasteiger partial charge in [-0.1, -0.05) is 0 Å². The third kappa shape index (κ3) is 1.74. The number of carbonyl (C=O) groups is 1. The highest BCUT2D eigenvalue weighted by atomic mass is 16.1. The Bertz CT molecular complexity index is 461. The summed E-state index contributed by atoms with van der Waals surface area (Å²) >= 11 is 0. The minimum absolute atomic E-state index is 0.292. The lowest BCUT2D eigenvalue weighted by Gasteiger charge is -1.99. The van der Waals surface area contributed by atoms with Crippen molar-refractivity contribution >= 4 is 11.4 Å². The second-order valence-corrected chi connectivity index (χ2v) is 3.19. The molecule has 0 unspecified atom stereocenters. The highest BCUT2D eigenvalue weighted by molar-refractivity contribution is 5.73. The van der Waals surface area contributed by atoms with Gasteiger partial charge >= 0.3 is 0 Å². The predicted octanol–water partition coefficient (Wildman–Crippen LogP) is 0.752.